The summed E-state index contributed by atoms with van der Waals surface area (Å²) >= 11 is 5.32. The van der Waals surface area contributed by atoms with E-state index in [1.54, 1.807) is 6.92 Å². The van der Waals surface area contributed by atoms with E-state index in [1.807, 2.05) is 0 Å². The van der Waals surface area contributed by atoms with E-state index in [1.165, 1.54) is 0 Å². The van der Waals surface area contributed by atoms with Crippen molar-refractivity contribution < 1.29 is 4.79 Å². The summed E-state index contributed by atoms with van der Waals surface area (Å²) in [6.45, 7) is 1.69. The van der Waals surface area contributed by atoms with Gasteiger partial charge in [-0.05, 0) is 6.92 Å². The van der Waals surface area contributed by atoms with E-state index < -0.39 is 0 Å². The van der Waals surface area contributed by atoms with Gasteiger partial charge in [0.1, 0.15) is 17.3 Å². The van der Waals surface area contributed by atoms with Crippen LogP contribution in [0.1, 0.15) is 6.92 Å². The molecule has 3 heteroatoms. The van der Waals surface area contributed by atoms with Crippen LogP contribution in [0.15, 0.2) is 5.03 Å². The standard InChI is InChI=1S/C5H4ClNO/c1-3-5(8)4(6)2-7-3/h3H,1H3. The van der Waals surface area contributed by atoms with Gasteiger partial charge in [-0.15, -0.1) is 0 Å². The first-order chi connectivity index (χ1) is 3.72. The van der Waals surface area contributed by atoms with Crippen molar-refractivity contribution in [2.75, 3.05) is 0 Å². The Labute approximate surface area is 52.5 Å². The number of halogens is 1. The highest BCUT2D eigenvalue weighted by Crippen LogP contribution is 2.10. The quantitative estimate of drug-likeness (QED) is 0.467. The lowest BCUT2D eigenvalue weighted by molar-refractivity contribution is -0.115. The summed E-state index contributed by atoms with van der Waals surface area (Å²) < 4.78 is 0. The second kappa shape index (κ2) is 1.78. The van der Waals surface area contributed by atoms with Crippen LogP contribution in [0.2, 0.25) is 0 Å². The molecular formula is C5H4ClNO. The predicted octanol–water partition coefficient (Wildman–Crippen LogP) is 0.445. The number of carbonyl (C=O) groups excluding carboxylic acids is 1. The Morgan fingerprint density at radius 3 is 2.62 bits per heavy atom. The lowest BCUT2D eigenvalue weighted by Gasteiger charge is -1.93. The van der Waals surface area contributed by atoms with Gasteiger partial charge in [-0.3, -0.25) is 10.1 Å². The van der Waals surface area contributed by atoms with Gasteiger partial charge in [-0.2, -0.15) is 0 Å². The molecule has 0 spiro atoms. The molecule has 0 aromatic heterocycles. The molecule has 0 amide bonds. The van der Waals surface area contributed by atoms with E-state index in [9.17, 15) is 4.79 Å². The molecule has 0 aromatic carbocycles. The van der Waals surface area contributed by atoms with Gasteiger partial charge in [0, 0.05) is 0 Å². The molecule has 0 bridgehead atoms. The maximum Gasteiger partial charge on any atom is 0.200 e. The second-order valence-corrected chi connectivity index (χ2v) is 1.97. The maximum atomic E-state index is 10.6. The zero-order valence-electron chi connectivity index (χ0n) is 4.31. The van der Waals surface area contributed by atoms with Gasteiger partial charge < -0.3 is 0 Å². The van der Waals surface area contributed by atoms with Crippen LogP contribution in [0.4, 0.5) is 0 Å². The van der Waals surface area contributed by atoms with E-state index in [0.29, 0.717) is 0 Å². The minimum Gasteiger partial charge on any atom is -0.291 e. The largest absolute Gasteiger partial charge is 0.291 e. The predicted molar refractivity (Wildman–Crippen MR) is 29.2 cm³/mol. The Hall–Kier alpha value is -0.500. The molecule has 0 N–H and O–H groups in total. The van der Waals surface area contributed by atoms with Crippen LogP contribution < -0.4 is 5.32 Å². The summed E-state index contributed by atoms with van der Waals surface area (Å²) in [5.74, 6) is -0.133. The zero-order chi connectivity index (χ0) is 6.15. The van der Waals surface area contributed by atoms with Gasteiger partial charge in [0.2, 0.25) is 5.78 Å². The van der Waals surface area contributed by atoms with Gasteiger partial charge in [0.15, 0.2) is 0 Å². The molecule has 0 aliphatic carbocycles. The third-order valence-electron chi connectivity index (χ3n) is 0.952. The Kier molecular flexibility index (Phi) is 1.26. The highest BCUT2D eigenvalue weighted by atomic mass is 35.5. The number of Topliss-reactive ketones (excluding diaryl/α,β-unsaturated/α-hetero) is 1. The first-order valence-corrected chi connectivity index (χ1v) is 2.62. The van der Waals surface area contributed by atoms with Crippen molar-refractivity contribution in [3.63, 3.8) is 0 Å². The van der Waals surface area contributed by atoms with Crippen LogP contribution >= 0.6 is 11.6 Å². The summed E-state index contributed by atoms with van der Waals surface area (Å²) in [5.41, 5.74) is 0. The number of nitrogens with zero attached hydrogens (tertiary/aromatic N) is 1. The fraction of sp³-hybridized carbons (Fsp3) is 0.400. The van der Waals surface area contributed by atoms with Crippen molar-refractivity contribution in [3.8, 4) is 0 Å². The minimum atomic E-state index is -0.303. The molecule has 1 aliphatic rings. The van der Waals surface area contributed by atoms with Gasteiger partial charge >= 0.3 is 0 Å². The normalized spacial score (nSPS) is 27.5. The average molecular weight is 130 g/mol. The van der Waals surface area contributed by atoms with Crippen LogP contribution in [0.5, 0.6) is 0 Å². The molecule has 42 valence electrons. The smallest absolute Gasteiger partial charge is 0.200 e. The molecule has 1 heterocycles. The van der Waals surface area contributed by atoms with Gasteiger partial charge in [-0.1, -0.05) is 11.6 Å². The molecule has 0 aromatic rings. The van der Waals surface area contributed by atoms with E-state index >= 15 is 0 Å². The number of carbonyl (C=O) groups is 1. The van der Waals surface area contributed by atoms with Gasteiger partial charge in [0.25, 0.3) is 0 Å². The van der Waals surface area contributed by atoms with Crippen LogP contribution in [-0.2, 0) is 4.79 Å². The number of hydrogen-bond donors (Lipinski definition) is 0. The Balaban J connectivity index is 2.73. The molecule has 8 heavy (non-hydrogen) atoms. The average Bonchev–Trinajstić information content (AvgIpc) is 1.98. The van der Waals surface area contributed by atoms with Crippen molar-refractivity contribution in [3.05, 3.63) is 11.2 Å². The molecule has 0 fully saturated rings. The Bertz CT molecular complexity index is 153. The topological polar surface area (TPSA) is 31.2 Å². The molecule has 0 saturated carbocycles. The highest BCUT2D eigenvalue weighted by molar-refractivity contribution is 6.43. The highest BCUT2D eigenvalue weighted by Gasteiger charge is 2.22. The van der Waals surface area contributed by atoms with E-state index in [-0.39, 0.29) is 16.9 Å². The SMILES string of the molecule is CC1[N][C]=C(Cl)C1=O. The van der Waals surface area contributed by atoms with Crippen LogP contribution in [0, 0.1) is 6.20 Å². The molecular weight excluding hydrogens is 126 g/mol. The minimum absolute atomic E-state index is 0.123. The van der Waals surface area contributed by atoms with Crippen LogP contribution in [0.3, 0.4) is 0 Å². The molecule has 1 unspecified atom stereocenters. The summed E-state index contributed by atoms with van der Waals surface area (Å²) in [5, 5.41) is 3.75. The van der Waals surface area contributed by atoms with Crippen LogP contribution in [-0.4, -0.2) is 11.8 Å². The lowest BCUT2D eigenvalue weighted by Crippen LogP contribution is -2.17. The number of ketones is 1. The summed E-state index contributed by atoms with van der Waals surface area (Å²) in [6.07, 6.45) is 2.38. The first-order valence-electron chi connectivity index (χ1n) is 2.24. The van der Waals surface area contributed by atoms with Crippen molar-refractivity contribution in [2.45, 2.75) is 13.0 Å². The van der Waals surface area contributed by atoms with Crippen molar-refractivity contribution in [1.29, 1.82) is 0 Å². The van der Waals surface area contributed by atoms with Crippen molar-refractivity contribution in [2.24, 2.45) is 0 Å². The molecule has 1 aliphatic heterocycles. The Morgan fingerprint density at radius 2 is 2.50 bits per heavy atom. The number of rotatable bonds is 0. The monoisotopic (exact) mass is 129 g/mol. The van der Waals surface area contributed by atoms with E-state index in [0.717, 1.165) is 0 Å². The third-order valence-corrected chi connectivity index (χ3v) is 1.22. The zero-order valence-corrected chi connectivity index (χ0v) is 5.07. The summed E-state index contributed by atoms with van der Waals surface area (Å²) in [7, 11) is 0. The first kappa shape index (κ1) is 5.63. The molecule has 2 nitrogen and oxygen atoms in total. The summed E-state index contributed by atoms with van der Waals surface area (Å²) in [6, 6.07) is -0.303. The van der Waals surface area contributed by atoms with Crippen LogP contribution in [0.25, 0.3) is 0 Å². The molecule has 0 saturated heterocycles. The fourth-order valence-corrected chi connectivity index (χ4v) is 0.657. The Morgan fingerprint density at radius 1 is 1.88 bits per heavy atom. The summed E-state index contributed by atoms with van der Waals surface area (Å²) in [4.78, 5) is 10.6. The van der Waals surface area contributed by atoms with Crippen molar-refractivity contribution >= 4 is 17.4 Å². The molecule has 1 atom stereocenters. The van der Waals surface area contributed by atoms with Gasteiger partial charge in [-0.25, -0.2) is 0 Å². The van der Waals surface area contributed by atoms with E-state index in [4.69, 9.17) is 11.6 Å². The maximum absolute atomic E-state index is 10.6. The van der Waals surface area contributed by atoms with E-state index in [2.05, 4.69) is 11.5 Å². The van der Waals surface area contributed by atoms with Crippen molar-refractivity contribution in [1.82, 2.24) is 5.32 Å². The second-order valence-electron chi connectivity index (χ2n) is 1.60. The lowest BCUT2D eigenvalue weighted by atomic mass is 10.3. The van der Waals surface area contributed by atoms with Gasteiger partial charge in [0.05, 0.1) is 0 Å². The fourth-order valence-electron chi connectivity index (χ4n) is 0.451. The third kappa shape index (κ3) is 0.713. The number of hydrogen-bond acceptors (Lipinski definition) is 1. The molecule has 2 radical (unpaired) electrons. The molecule has 1 rings (SSSR count).